The van der Waals surface area contributed by atoms with Crippen molar-refractivity contribution in [3.05, 3.63) is 57.9 Å². The number of fused-ring (bicyclic) bond motifs is 4. The summed E-state index contributed by atoms with van der Waals surface area (Å²) in [5.74, 6) is -5.11. The minimum atomic E-state index is -1.11. The highest BCUT2D eigenvalue weighted by Gasteiger charge is 2.50. The molecular formula is C27H28N2O6. The van der Waals surface area contributed by atoms with Gasteiger partial charge in [-0.3, -0.25) is 14.4 Å². The molecule has 1 amide bonds. The molecule has 3 atom stereocenters. The van der Waals surface area contributed by atoms with Gasteiger partial charge in [-0.1, -0.05) is 25.1 Å². The number of nitrogens with two attached hydrogens (primary N) is 1. The fourth-order valence-corrected chi connectivity index (χ4v) is 5.98. The number of benzene rings is 2. The monoisotopic (exact) mass is 476 g/mol. The first kappa shape index (κ1) is 23.1. The smallest absolute Gasteiger partial charge is 0.255 e. The second kappa shape index (κ2) is 8.23. The second-order valence-electron chi connectivity index (χ2n) is 9.90. The van der Waals surface area contributed by atoms with E-state index < -0.39 is 40.6 Å². The maximum atomic E-state index is 13.5. The van der Waals surface area contributed by atoms with Crippen LogP contribution in [0.3, 0.4) is 0 Å². The largest absolute Gasteiger partial charge is 0.511 e. The van der Waals surface area contributed by atoms with E-state index in [1.165, 1.54) is 0 Å². The average molecular weight is 477 g/mol. The molecule has 3 aliphatic carbocycles. The first-order valence-electron chi connectivity index (χ1n) is 11.8. The molecule has 5 N–H and O–H groups in total. The maximum Gasteiger partial charge on any atom is 0.255 e. The number of carbonyl (C=O) groups is 3. The molecule has 0 bridgehead atoms. The number of aliphatic hydroxyl groups excluding tert-OH is 2. The molecule has 182 valence electrons. The number of carbonyl (C=O) groups excluding carboxylic acids is 3. The molecule has 0 saturated heterocycles. The van der Waals surface area contributed by atoms with Crippen molar-refractivity contribution in [3.8, 4) is 5.75 Å². The lowest BCUT2D eigenvalue weighted by Crippen LogP contribution is -2.44. The number of Topliss-reactive ketones (excluding diaryl/α,β-unsaturated/α-hetero) is 2. The van der Waals surface area contributed by atoms with Crippen LogP contribution in [0.4, 0.5) is 0 Å². The molecule has 0 radical (unpaired) electrons. The Morgan fingerprint density at radius 2 is 1.89 bits per heavy atom. The van der Waals surface area contributed by atoms with Crippen molar-refractivity contribution in [3.63, 3.8) is 0 Å². The van der Waals surface area contributed by atoms with Crippen LogP contribution in [0.5, 0.6) is 5.75 Å². The quantitative estimate of drug-likeness (QED) is 0.497. The summed E-state index contributed by atoms with van der Waals surface area (Å²) in [6, 6.07) is 7.77. The zero-order valence-electron chi connectivity index (χ0n) is 19.7. The Balaban J connectivity index is 1.63. The van der Waals surface area contributed by atoms with E-state index in [4.69, 9.17) is 5.73 Å². The van der Waals surface area contributed by atoms with Gasteiger partial charge in [0.1, 0.15) is 22.8 Å². The number of aromatic hydroxyl groups is 1. The van der Waals surface area contributed by atoms with Gasteiger partial charge in [-0.05, 0) is 60.8 Å². The van der Waals surface area contributed by atoms with E-state index in [9.17, 15) is 29.7 Å². The number of amides is 1. The van der Waals surface area contributed by atoms with Crippen LogP contribution >= 0.6 is 0 Å². The van der Waals surface area contributed by atoms with Gasteiger partial charge in [0.05, 0.1) is 11.5 Å². The van der Waals surface area contributed by atoms with Crippen molar-refractivity contribution >= 4 is 34.0 Å². The molecule has 8 nitrogen and oxygen atoms in total. The molecule has 5 rings (SSSR count). The summed E-state index contributed by atoms with van der Waals surface area (Å²) in [6.45, 7) is 3.63. The van der Waals surface area contributed by atoms with Crippen molar-refractivity contribution in [2.24, 2.45) is 23.5 Å². The van der Waals surface area contributed by atoms with Crippen molar-refractivity contribution in [2.45, 2.75) is 32.7 Å². The Hall–Kier alpha value is -3.65. The lowest BCUT2D eigenvalue weighted by atomic mass is 9.61. The van der Waals surface area contributed by atoms with Gasteiger partial charge in [-0.2, -0.15) is 0 Å². The Kier molecular flexibility index (Phi) is 5.44. The Labute approximate surface area is 202 Å². The SMILES string of the molecule is CCN(C)Cc1ccc2cc3c(c(O)c2c1)C(O)=C1C(=O)C2C(O)=C(C(N)=O)C(=O)CC2C[C@@H]1C3. The number of hydrogen-bond donors (Lipinski definition) is 4. The number of rotatable bonds is 4. The number of allylic oxidation sites excluding steroid dienone is 2. The molecule has 2 unspecified atom stereocenters. The van der Waals surface area contributed by atoms with Gasteiger partial charge in [0, 0.05) is 23.9 Å². The lowest BCUT2D eigenvalue weighted by Gasteiger charge is -2.41. The van der Waals surface area contributed by atoms with E-state index in [0.29, 0.717) is 24.8 Å². The summed E-state index contributed by atoms with van der Waals surface area (Å²) >= 11 is 0. The average Bonchev–Trinajstić information content (AvgIpc) is 2.78. The zero-order valence-corrected chi connectivity index (χ0v) is 19.7. The Bertz CT molecular complexity index is 1370. The minimum Gasteiger partial charge on any atom is -0.511 e. The fourth-order valence-electron chi connectivity index (χ4n) is 5.98. The molecule has 2 aromatic carbocycles. The molecule has 0 aliphatic heterocycles. The molecule has 0 aromatic heterocycles. The van der Waals surface area contributed by atoms with E-state index in [1.807, 2.05) is 31.3 Å². The standard InChI is InChI=1S/C27H28N2O6/c1-3-29(2)11-12-4-5-13-7-14-8-15-9-16-10-18(30)22(27(28)35)26(34)21(16)25(33)20(15)24(32)19(14)23(31)17(13)6-12/h4-7,15-16,21,31-32,34H,3,8-11H2,1-2H3,(H2,28,35)/t15-,16?,21?/m0/s1. The van der Waals surface area contributed by atoms with E-state index in [2.05, 4.69) is 11.8 Å². The van der Waals surface area contributed by atoms with Gasteiger partial charge < -0.3 is 26.0 Å². The summed E-state index contributed by atoms with van der Waals surface area (Å²) in [5, 5.41) is 34.5. The Morgan fingerprint density at radius 1 is 1.14 bits per heavy atom. The predicted octanol–water partition coefficient (Wildman–Crippen LogP) is 2.91. The molecule has 3 aliphatic rings. The first-order valence-corrected chi connectivity index (χ1v) is 11.8. The molecule has 0 spiro atoms. The summed E-state index contributed by atoms with van der Waals surface area (Å²) in [7, 11) is 2.00. The van der Waals surface area contributed by atoms with Gasteiger partial charge in [0.2, 0.25) is 0 Å². The second-order valence-corrected chi connectivity index (χ2v) is 9.90. The van der Waals surface area contributed by atoms with Gasteiger partial charge in [-0.25, -0.2) is 0 Å². The molecule has 1 saturated carbocycles. The molecular weight excluding hydrogens is 448 g/mol. The van der Waals surface area contributed by atoms with Crippen LogP contribution in [-0.4, -0.2) is 51.3 Å². The summed E-state index contributed by atoms with van der Waals surface area (Å²) in [4.78, 5) is 39.8. The highest BCUT2D eigenvalue weighted by molar-refractivity contribution is 6.21. The molecule has 8 heteroatoms. The van der Waals surface area contributed by atoms with Crippen molar-refractivity contribution in [1.29, 1.82) is 0 Å². The number of nitrogens with zero attached hydrogens (tertiary/aromatic N) is 1. The van der Waals surface area contributed by atoms with Crippen LogP contribution in [-0.2, 0) is 27.3 Å². The maximum absolute atomic E-state index is 13.5. The Morgan fingerprint density at radius 3 is 2.57 bits per heavy atom. The van der Waals surface area contributed by atoms with Gasteiger partial charge in [-0.15, -0.1) is 0 Å². The van der Waals surface area contributed by atoms with Crippen LogP contribution in [0.25, 0.3) is 16.5 Å². The van der Waals surface area contributed by atoms with Crippen LogP contribution in [0.2, 0.25) is 0 Å². The summed E-state index contributed by atoms with van der Waals surface area (Å²) in [6.07, 6.45) is 0.737. The van der Waals surface area contributed by atoms with Crippen LogP contribution in [0.1, 0.15) is 36.5 Å². The van der Waals surface area contributed by atoms with Crippen LogP contribution in [0, 0.1) is 17.8 Å². The first-order chi connectivity index (χ1) is 16.6. The van der Waals surface area contributed by atoms with Crippen LogP contribution in [0.15, 0.2) is 41.2 Å². The highest BCUT2D eigenvalue weighted by atomic mass is 16.3. The predicted molar refractivity (Wildman–Crippen MR) is 129 cm³/mol. The zero-order chi connectivity index (χ0) is 25.2. The lowest BCUT2D eigenvalue weighted by molar-refractivity contribution is -0.127. The number of phenolic OH excluding ortho intramolecular Hbond substituents is 1. The van der Waals surface area contributed by atoms with E-state index in [-0.39, 0.29) is 35.0 Å². The summed E-state index contributed by atoms with van der Waals surface area (Å²) in [5.41, 5.74) is 6.83. The van der Waals surface area contributed by atoms with Crippen molar-refractivity contribution in [1.82, 2.24) is 4.90 Å². The number of primary amides is 1. The van der Waals surface area contributed by atoms with E-state index in [0.717, 1.165) is 23.1 Å². The molecule has 1 fully saturated rings. The number of ketones is 2. The van der Waals surface area contributed by atoms with Gasteiger partial charge in [0.25, 0.3) is 5.91 Å². The highest BCUT2D eigenvalue weighted by Crippen LogP contribution is 2.51. The van der Waals surface area contributed by atoms with Gasteiger partial charge in [0.15, 0.2) is 11.6 Å². The van der Waals surface area contributed by atoms with Crippen molar-refractivity contribution in [2.75, 3.05) is 13.6 Å². The molecule has 2 aromatic rings. The number of aliphatic hydroxyl groups is 2. The number of phenols is 1. The summed E-state index contributed by atoms with van der Waals surface area (Å²) < 4.78 is 0. The fraction of sp³-hybridized carbons (Fsp3) is 0.370. The number of hydrogen-bond acceptors (Lipinski definition) is 7. The van der Waals surface area contributed by atoms with E-state index >= 15 is 0 Å². The van der Waals surface area contributed by atoms with E-state index in [1.54, 1.807) is 0 Å². The third-order valence-corrected chi connectivity index (χ3v) is 7.75. The molecule has 0 heterocycles. The van der Waals surface area contributed by atoms with Crippen LogP contribution < -0.4 is 5.73 Å². The third kappa shape index (κ3) is 3.51. The molecule has 35 heavy (non-hydrogen) atoms. The van der Waals surface area contributed by atoms with Crippen molar-refractivity contribution < 1.29 is 29.7 Å². The minimum absolute atomic E-state index is 0.0614. The normalized spacial score (nSPS) is 24.0. The third-order valence-electron chi connectivity index (χ3n) is 7.75. The topological polar surface area (TPSA) is 141 Å². The van der Waals surface area contributed by atoms with Gasteiger partial charge >= 0.3 is 0 Å².